The van der Waals surface area contributed by atoms with Gasteiger partial charge in [0, 0.05) is 19.7 Å². The van der Waals surface area contributed by atoms with Gasteiger partial charge in [-0.3, -0.25) is 9.59 Å². The van der Waals surface area contributed by atoms with E-state index in [2.05, 4.69) is 25.1 Å². The number of hydrogen-bond donors (Lipinski definition) is 1. The Balaban J connectivity index is 1.95. The Morgan fingerprint density at radius 3 is 2.62 bits per heavy atom. The maximum absolute atomic E-state index is 13.8. The number of carboxylic acid groups (broad SMARTS) is 1. The first-order valence-electron chi connectivity index (χ1n) is 9.59. The van der Waals surface area contributed by atoms with Gasteiger partial charge in [0.2, 0.25) is 5.91 Å². The molecule has 1 aliphatic carbocycles. The molecule has 5 nitrogen and oxygen atoms in total. The molecule has 2 fully saturated rings. The van der Waals surface area contributed by atoms with Crippen molar-refractivity contribution in [3.8, 4) is 0 Å². The molecule has 1 aromatic rings. The fourth-order valence-corrected chi connectivity index (χ4v) is 4.69. The molecule has 1 heterocycles. The number of aryl methyl sites for hydroxylation is 1. The minimum Gasteiger partial charge on any atom is -0.481 e. The fourth-order valence-electron chi connectivity index (χ4n) is 4.69. The van der Waals surface area contributed by atoms with Crippen LogP contribution in [0.1, 0.15) is 56.1 Å². The summed E-state index contributed by atoms with van der Waals surface area (Å²) in [5, 5.41) is 9.28. The molecule has 2 aliphatic rings. The van der Waals surface area contributed by atoms with Crippen LogP contribution in [0.2, 0.25) is 0 Å². The average molecular weight is 359 g/mol. The number of ether oxygens (including phenoxy) is 1. The zero-order chi connectivity index (χ0) is 18.7. The van der Waals surface area contributed by atoms with Crippen molar-refractivity contribution < 1.29 is 19.4 Å². The molecule has 0 radical (unpaired) electrons. The quantitative estimate of drug-likeness (QED) is 0.876. The number of carbonyl (C=O) groups is 2. The van der Waals surface area contributed by atoms with Crippen LogP contribution in [0.15, 0.2) is 24.3 Å². The van der Waals surface area contributed by atoms with Gasteiger partial charge in [-0.15, -0.1) is 0 Å². The van der Waals surface area contributed by atoms with Crippen LogP contribution < -0.4 is 0 Å². The lowest BCUT2D eigenvalue weighted by Crippen LogP contribution is -2.50. The normalized spacial score (nSPS) is 25.2. The highest BCUT2D eigenvalue weighted by Gasteiger charge is 2.48. The molecule has 1 aromatic carbocycles. The van der Waals surface area contributed by atoms with E-state index in [1.165, 1.54) is 0 Å². The van der Waals surface area contributed by atoms with Gasteiger partial charge in [-0.1, -0.05) is 49.1 Å². The van der Waals surface area contributed by atoms with E-state index in [0.29, 0.717) is 13.0 Å². The first kappa shape index (κ1) is 18.9. The maximum atomic E-state index is 13.8. The number of methoxy groups -OCH3 is 1. The Bertz CT molecular complexity index is 666. The molecule has 26 heavy (non-hydrogen) atoms. The Morgan fingerprint density at radius 2 is 2.00 bits per heavy atom. The number of likely N-dealkylation sites (tertiary alicyclic amines) is 1. The van der Waals surface area contributed by atoms with Crippen LogP contribution >= 0.6 is 0 Å². The summed E-state index contributed by atoms with van der Waals surface area (Å²) in [6.45, 7) is 2.54. The zero-order valence-electron chi connectivity index (χ0n) is 15.7. The SMILES string of the molecule is COC1CC(CC(=O)O)N(C(=O)C2(c3cccc(C)c3)CCCCC2)C1. The van der Waals surface area contributed by atoms with E-state index in [1.54, 1.807) is 12.0 Å². The third-order valence-corrected chi connectivity index (χ3v) is 6.07. The Kier molecular flexibility index (Phi) is 5.66. The molecule has 1 saturated heterocycles. The van der Waals surface area contributed by atoms with Crippen molar-refractivity contribution in [2.75, 3.05) is 13.7 Å². The highest BCUT2D eigenvalue weighted by molar-refractivity contribution is 5.89. The first-order valence-corrected chi connectivity index (χ1v) is 9.59. The molecule has 3 rings (SSSR count). The summed E-state index contributed by atoms with van der Waals surface area (Å²) in [5.74, 6) is -0.772. The molecule has 1 N–H and O–H groups in total. The van der Waals surface area contributed by atoms with Gasteiger partial charge in [-0.05, 0) is 31.7 Å². The van der Waals surface area contributed by atoms with Crippen molar-refractivity contribution in [2.24, 2.45) is 0 Å². The maximum Gasteiger partial charge on any atom is 0.305 e. The number of carbonyl (C=O) groups excluding carboxylic acids is 1. The number of benzene rings is 1. The standard InChI is InChI=1S/C21H29NO4/c1-15-7-6-8-16(11-15)21(9-4-3-5-10-21)20(25)22-14-18(26-2)12-17(22)13-19(23)24/h6-8,11,17-18H,3-5,9-10,12-14H2,1-2H3,(H,23,24). The van der Waals surface area contributed by atoms with E-state index in [4.69, 9.17) is 4.74 Å². The molecule has 0 spiro atoms. The van der Waals surface area contributed by atoms with E-state index in [9.17, 15) is 14.7 Å². The highest BCUT2D eigenvalue weighted by atomic mass is 16.5. The number of amides is 1. The van der Waals surface area contributed by atoms with Gasteiger partial charge in [0.1, 0.15) is 0 Å². The van der Waals surface area contributed by atoms with Crippen LogP contribution in [0.25, 0.3) is 0 Å². The Morgan fingerprint density at radius 1 is 1.27 bits per heavy atom. The minimum atomic E-state index is -0.863. The van der Waals surface area contributed by atoms with Gasteiger partial charge in [-0.2, -0.15) is 0 Å². The molecule has 2 unspecified atom stereocenters. The number of rotatable bonds is 5. The van der Waals surface area contributed by atoms with Crippen molar-refractivity contribution >= 4 is 11.9 Å². The lowest BCUT2D eigenvalue weighted by molar-refractivity contribution is -0.143. The summed E-state index contributed by atoms with van der Waals surface area (Å²) in [7, 11) is 1.63. The van der Waals surface area contributed by atoms with Gasteiger partial charge < -0.3 is 14.7 Å². The average Bonchev–Trinajstić information content (AvgIpc) is 3.03. The van der Waals surface area contributed by atoms with Crippen LogP contribution in [-0.4, -0.2) is 47.7 Å². The second kappa shape index (κ2) is 7.78. The van der Waals surface area contributed by atoms with Crippen molar-refractivity contribution in [1.29, 1.82) is 0 Å². The molecule has 0 bridgehead atoms. The number of aliphatic carboxylic acids is 1. The van der Waals surface area contributed by atoms with Gasteiger partial charge >= 0.3 is 5.97 Å². The van der Waals surface area contributed by atoms with Crippen LogP contribution in [0.5, 0.6) is 0 Å². The van der Waals surface area contributed by atoms with Gasteiger partial charge in [-0.25, -0.2) is 0 Å². The van der Waals surface area contributed by atoms with E-state index < -0.39 is 11.4 Å². The van der Waals surface area contributed by atoms with Crippen LogP contribution in [-0.2, 0) is 19.7 Å². The smallest absolute Gasteiger partial charge is 0.305 e. The summed E-state index contributed by atoms with van der Waals surface area (Å²) in [4.78, 5) is 26.9. The van der Waals surface area contributed by atoms with Gasteiger partial charge in [0.25, 0.3) is 0 Å². The van der Waals surface area contributed by atoms with Gasteiger partial charge in [0.15, 0.2) is 0 Å². The predicted molar refractivity (Wildman–Crippen MR) is 99.1 cm³/mol. The van der Waals surface area contributed by atoms with Crippen LogP contribution in [0.4, 0.5) is 0 Å². The monoisotopic (exact) mass is 359 g/mol. The number of hydrogen-bond acceptors (Lipinski definition) is 3. The fraction of sp³-hybridized carbons (Fsp3) is 0.619. The second-order valence-corrected chi connectivity index (χ2v) is 7.81. The van der Waals surface area contributed by atoms with Crippen molar-refractivity contribution in [2.45, 2.75) is 69.4 Å². The summed E-state index contributed by atoms with van der Waals surface area (Å²) in [6, 6.07) is 7.97. The molecule has 1 amide bonds. The first-order chi connectivity index (χ1) is 12.5. The highest BCUT2D eigenvalue weighted by Crippen LogP contribution is 2.43. The zero-order valence-corrected chi connectivity index (χ0v) is 15.7. The van der Waals surface area contributed by atoms with E-state index in [1.807, 2.05) is 6.07 Å². The molecule has 5 heteroatoms. The molecule has 2 atom stereocenters. The summed E-state index contributed by atoms with van der Waals surface area (Å²) >= 11 is 0. The summed E-state index contributed by atoms with van der Waals surface area (Å²) < 4.78 is 5.46. The lowest BCUT2D eigenvalue weighted by Gasteiger charge is -2.41. The van der Waals surface area contributed by atoms with Crippen molar-refractivity contribution in [1.82, 2.24) is 4.90 Å². The van der Waals surface area contributed by atoms with Crippen molar-refractivity contribution in [3.05, 3.63) is 35.4 Å². The minimum absolute atomic E-state index is 0.0184. The van der Waals surface area contributed by atoms with E-state index in [0.717, 1.165) is 43.2 Å². The number of nitrogens with zero attached hydrogens (tertiary/aromatic N) is 1. The number of carboxylic acids is 1. The third kappa shape index (κ3) is 3.63. The van der Waals surface area contributed by atoms with Gasteiger partial charge in [0.05, 0.1) is 17.9 Å². The lowest BCUT2D eigenvalue weighted by atomic mass is 9.68. The van der Waals surface area contributed by atoms with E-state index in [-0.39, 0.29) is 24.5 Å². The second-order valence-electron chi connectivity index (χ2n) is 7.81. The van der Waals surface area contributed by atoms with Crippen LogP contribution in [0.3, 0.4) is 0 Å². The molecule has 0 aromatic heterocycles. The van der Waals surface area contributed by atoms with Crippen LogP contribution in [0, 0.1) is 6.92 Å². The molecule has 142 valence electrons. The third-order valence-electron chi connectivity index (χ3n) is 6.07. The molecule has 1 aliphatic heterocycles. The van der Waals surface area contributed by atoms with Crippen molar-refractivity contribution in [3.63, 3.8) is 0 Å². The molecule has 1 saturated carbocycles. The largest absolute Gasteiger partial charge is 0.481 e. The Hall–Kier alpha value is -1.88. The molecular formula is C21H29NO4. The summed E-state index contributed by atoms with van der Waals surface area (Å²) in [6.07, 6.45) is 5.39. The van der Waals surface area contributed by atoms with E-state index >= 15 is 0 Å². The molecular weight excluding hydrogens is 330 g/mol. The summed E-state index contributed by atoms with van der Waals surface area (Å²) in [5.41, 5.74) is 1.71. The topological polar surface area (TPSA) is 66.8 Å². The predicted octanol–water partition coefficient (Wildman–Crippen LogP) is 3.29. The Labute approximate surface area is 155 Å².